The van der Waals surface area contributed by atoms with Gasteiger partial charge in [0, 0.05) is 64.1 Å². The molecule has 0 bridgehead atoms. The van der Waals surface area contributed by atoms with Gasteiger partial charge in [0.1, 0.15) is 11.2 Å². The third kappa shape index (κ3) is 5.73. The molecular formula is C57H34N4OS. The number of benzene rings is 9. The molecule has 13 aromatic rings. The van der Waals surface area contributed by atoms with Crippen LogP contribution >= 0.6 is 11.3 Å². The summed E-state index contributed by atoms with van der Waals surface area (Å²) >= 11 is 1.82. The van der Waals surface area contributed by atoms with Gasteiger partial charge in [0.25, 0.3) is 0 Å². The van der Waals surface area contributed by atoms with Crippen molar-refractivity contribution in [3.05, 3.63) is 206 Å². The average Bonchev–Trinajstić information content (AvgIpc) is 4.04. The van der Waals surface area contributed by atoms with E-state index in [2.05, 4.69) is 174 Å². The molecule has 0 spiro atoms. The molecule has 0 radical (unpaired) electrons. The monoisotopic (exact) mass is 822 g/mol. The Morgan fingerprint density at radius 3 is 1.83 bits per heavy atom. The molecule has 4 aromatic heterocycles. The van der Waals surface area contributed by atoms with Crippen LogP contribution in [0.25, 0.3) is 126 Å². The van der Waals surface area contributed by atoms with E-state index in [0.29, 0.717) is 17.5 Å². The lowest BCUT2D eigenvalue weighted by Gasteiger charge is -2.11. The summed E-state index contributed by atoms with van der Waals surface area (Å²) in [5, 5.41) is 6.93. The Balaban J connectivity index is 1.02. The Morgan fingerprint density at radius 1 is 0.365 bits per heavy atom. The molecule has 0 aliphatic rings. The summed E-state index contributed by atoms with van der Waals surface area (Å²) in [5.74, 6) is 1.81. The van der Waals surface area contributed by atoms with Crippen LogP contribution in [-0.4, -0.2) is 19.5 Å². The summed E-state index contributed by atoms with van der Waals surface area (Å²) in [5.41, 5.74) is 12.4. The van der Waals surface area contributed by atoms with E-state index < -0.39 is 0 Å². The summed E-state index contributed by atoms with van der Waals surface area (Å²) < 4.78 is 11.3. The summed E-state index contributed by atoms with van der Waals surface area (Å²) in [6, 6.07) is 72.6. The van der Waals surface area contributed by atoms with Gasteiger partial charge in [0.05, 0.1) is 11.0 Å². The summed E-state index contributed by atoms with van der Waals surface area (Å²) in [6.45, 7) is 0. The molecule has 9 aromatic carbocycles. The first-order chi connectivity index (χ1) is 31.2. The fraction of sp³-hybridized carbons (Fsp3) is 0. The molecule has 13 rings (SSSR count). The van der Waals surface area contributed by atoms with Crippen LogP contribution in [0.1, 0.15) is 0 Å². The quantitative estimate of drug-likeness (QED) is 0.168. The van der Waals surface area contributed by atoms with E-state index in [0.717, 1.165) is 60.8 Å². The number of nitrogens with zero attached hydrogens (tertiary/aromatic N) is 4. The highest BCUT2D eigenvalue weighted by atomic mass is 32.1. The molecule has 6 heteroatoms. The standard InChI is InChI=1S/C57H34N4OS/c1-4-16-35(17-5-1)46-32-38(34-50-52(46)43-23-11-13-28-49(43)62-50)56-58-55(36-18-6-2-7-19-36)59-57(60-56)45-26-15-29-51-53(45)44-25-14-24-40(54(44)63-51)37-30-31-42-41-22-10-12-27-47(41)61(48(42)33-37)39-20-8-3-9-21-39/h1-34H. The smallest absolute Gasteiger partial charge is 0.164 e. The van der Waals surface area contributed by atoms with E-state index in [1.54, 1.807) is 0 Å². The van der Waals surface area contributed by atoms with Crippen LogP contribution in [0, 0.1) is 0 Å². The second-order valence-electron chi connectivity index (χ2n) is 15.9. The van der Waals surface area contributed by atoms with Crippen LogP contribution < -0.4 is 0 Å². The maximum Gasteiger partial charge on any atom is 0.164 e. The molecule has 0 aliphatic carbocycles. The minimum atomic E-state index is 0.581. The highest BCUT2D eigenvalue weighted by Gasteiger charge is 2.22. The Hall–Kier alpha value is -8.19. The van der Waals surface area contributed by atoms with Gasteiger partial charge in [-0.15, -0.1) is 11.3 Å². The van der Waals surface area contributed by atoms with Crippen LogP contribution in [0.5, 0.6) is 0 Å². The zero-order valence-corrected chi connectivity index (χ0v) is 34.6. The van der Waals surface area contributed by atoms with Crippen LogP contribution in [0.15, 0.2) is 211 Å². The molecule has 0 saturated heterocycles. The van der Waals surface area contributed by atoms with Crippen molar-refractivity contribution in [2.45, 2.75) is 0 Å². The molecule has 0 atom stereocenters. The Morgan fingerprint density at radius 2 is 1.00 bits per heavy atom. The summed E-state index contributed by atoms with van der Waals surface area (Å²) in [6.07, 6.45) is 0. The molecule has 4 heterocycles. The van der Waals surface area contributed by atoms with Gasteiger partial charge in [0.2, 0.25) is 0 Å². The molecule has 0 unspecified atom stereocenters. The highest BCUT2D eigenvalue weighted by molar-refractivity contribution is 7.26. The van der Waals surface area contributed by atoms with Crippen molar-refractivity contribution in [1.29, 1.82) is 0 Å². The molecule has 294 valence electrons. The fourth-order valence-electron chi connectivity index (χ4n) is 9.43. The fourth-order valence-corrected chi connectivity index (χ4v) is 10.7. The largest absolute Gasteiger partial charge is 0.456 e. The van der Waals surface area contributed by atoms with Gasteiger partial charge in [0.15, 0.2) is 17.5 Å². The van der Waals surface area contributed by atoms with Crippen molar-refractivity contribution in [2.75, 3.05) is 0 Å². The number of furan rings is 1. The van der Waals surface area contributed by atoms with E-state index in [9.17, 15) is 0 Å². The first-order valence-corrected chi connectivity index (χ1v) is 21.9. The van der Waals surface area contributed by atoms with Gasteiger partial charge in [-0.3, -0.25) is 0 Å². The number of aromatic nitrogens is 4. The lowest BCUT2D eigenvalue weighted by atomic mass is 9.96. The number of rotatable bonds is 6. The molecule has 0 amide bonds. The van der Waals surface area contributed by atoms with Crippen molar-refractivity contribution in [3.63, 3.8) is 0 Å². The van der Waals surface area contributed by atoms with Crippen LogP contribution in [0.2, 0.25) is 0 Å². The maximum atomic E-state index is 6.55. The third-order valence-electron chi connectivity index (χ3n) is 12.3. The van der Waals surface area contributed by atoms with Gasteiger partial charge in [-0.25, -0.2) is 15.0 Å². The second-order valence-corrected chi connectivity index (χ2v) is 17.0. The van der Waals surface area contributed by atoms with E-state index in [4.69, 9.17) is 19.4 Å². The lowest BCUT2D eigenvalue weighted by Crippen LogP contribution is -2.00. The lowest BCUT2D eigenvalue weighted by molar-refractivity contribution is 0.669. The zero-order valence-electron chi connectivity index (χ0n) is 33.7. The highest BCUT2D eigenvalue weighted by Crippen LogP contribution is 2.45. The number of para-hydroxylation sites is 3. The molecule has 5 nitrogen and oxygen atoms in total. The van der Waals surface area contributed by atoms with Gasteiger partial charge >= 0.3 is 0 Å². The van der Waals surface area contributed by atoms with E-state index >= 15 is 0 Å². The van der Waals surface area contributed by atoms with E-state index in [1.165, 1.54) is 47.7 Å². The van der Waals surface area contributed by atoms with Crippen LogP contribution in [0.4, 0.5) is 0 Å². The van der Waals surface area contributed by atoms with Crippen molar-refractivity contribution in [1.82, 2.24) is 19.5 Å². The third-order valence-corrected chi connectivity index (χ3v) is 13.5. The topological polar surface area (TPSA) is 56.7 Å². The second kappa shape index (κ2) is 14.2. The number of hydrogen-bond acceptors (Lipinski definition) is 5. The normalized spacial score (nSPS) is 11.8. The number of thiophene rings is 1. The minimum Gasteiger partial charge on any atom is -0.456 e. The maximum absolute atomic E-state index is 6.55. The molecule has 0 aliphatic heterocycles. The van der Waals surface area contributed by atoms with E-state index in [-0.39, 0.29) is 0 Å². The number of fused-ring (bicyclic) bond motifs is 9. The first-order valence-electron chi connectivity index (χ1n) is 21.1. The van der Waals surface area contributed by atoms with Crippen molar-refractivity contribution in [3.8, 4) is 62.1 Å². The van der Waals surface area contributed by atoms with Crippen molar-refractivity contribution >= 4 is 75.3 Å². The summed E-state index contributed by atoms with van der Waals surface area (Å²) in [7, 11) is 0. The predicted molar refractivity (Wildman–Crippen MR) is 262 cm³/mol. The zero-order chi connectivity index (χ0) is 41.4. The van der Waals surface area contributed by atoms with Crippen molar-refractivity contribution in [2.24, 2.45) is 0 Å². The van der Waals surface area contributed by atoms with Crippen molar-refractivity contribution < 1.29 is 4.42 Å². The molecular weight excluding hydrogens is 789 g/mol. The van der Waals surface area contributed by atoms with Gasteiger partial charge in [-0.2, -0.15) is 0 Å². The first kappa shape index (κ1) is 35.6. The van der Waals surface area contributed by atoms with Gasteiger partial charge < -0.3 is 8.98 Å². The minimum absolute atomic E-state index is 0.581. The number of hydrogen-bond donors (Lipinski definition) is 0. The molecule has 0 fully saturated rings. The Kier molecular flexibility index (Phi) is 8.01. The predicted octanol–water partition coefficient (Wildman–Crippen LogP) is 15.6. The molecule has 0 N–H and O–H groups in total. The van der Waals surface area contributed by atoms with Crippen LogP contribution in [0.3, 0.4) is 0 Å². The SMILES string of the molecule is c1ccc(-c2nc(-c3cc(-c4ccccc4)c4c(c3)oc3ccccc34)nc(-c3cccc4sc5c(-c6ccc7c8ccccc8n(-c8ccccc8)c7c6)cccc5c34)n2)cc1. The summed E-state index contributed by atoms with van der Waals surface area (Å²) in [4.78, 5) is 15.8. The van der Waals surface area contributed by atoms with E-state index in [1.807, 2.05) is 47.7 Å². The van der Waals surface area contributed by atoms with Gasteiger partial charge in [-0.1, -0.05) is 158 Å². The Bertz CT molecular complexity index is 3910. The average molecular weight is 823 g/mol. The van der Waals surface area contributed by atoms with Gasteiger partial charge in [-0.05, 0) is 70.8 Å². The molecule has 0 saturated carbocycles. The van der Waals surface area contributed by atoms with Crippen LogP contribution in [-0.2, 0) is 0 Å². The Labute approximate surface area is 365 Å². The molecule has 63 heavy (non-hydrogen) atoms.